The van der Waals surface area contributed by atoms with E-state index in [1.165, 1.54) is 4.90 Å². The molecule has 212 valence electrons. The van der Waals surface area contributed by atoms with Gasteiger partial charge in [-0.3, -0.25) is 19.2 Å². The van der Waals surface area contributed by atoms with Crippen LogP contribution in [0, 0.1) is 17.8 Å². The van der Waals surface area contributed by atoms with Crippen molar-refractivity contribution in [3.63, 3.8) is 0 Å². The smallest absolute Gasteiger partial charge is 0.316 e. The zero-order valence-corrected chi connectivity index (χ0v) is 23.3. The molecular formula is C36H28N2O5. The predicted octanol–water partition coefficient (Wildman–Crippen LogP) is 5.04. The molecular weight excluding hydrogens is 540 g/mol. The van der Waals surface area contributed by atoms with Gasteiger partial charge < -0.3 is 9.64 Å². The summed E-state index contributed by atoms with van der Waals surface area (Å²) in [5.41, 5.74) is 5.85. The van der Waals surface area contributed by atoms with E-state index in [4.69, 9.17) is 4.74 Å². The molecule has 9 rings (SSSR count). The SMILES string of the molecule is O=C(Oc1cccc(N2C(=O)[C@@H]3C4c5ccccc5C(c5ccccc54)[C@H]3C2=O)c1)[C@H]1CC(=O)N(Cc2ccccc2)C1. The van der Waals surface area contributed by atoms with Crippen LogP contribution in [0.25, 0.3) is 0 Å². The highest BCUT2D eigenvalue weighted by Crippen LogP contribution is 2.61. The summed E-state index contributed by atoms with van der Waals surface area (Å²) in [6.07, 6.45) is 0.0850. The third-order valence-corrected chi connectivity index (χ3v) is 9.51. The summed E-state index contributed by atoms with van der Waals surface area (Å²) in [4.78, 5) is 56.9. The molecule has 43 heavy (non-hydrogen) atoms. The number of nitrogens with zero attached hydrogens (tertiary/aromatic N) is 2. The second-order valence-corrected chi connectivity index (χ2v) is 11.9. The summed E-state index contributed by atoms with van der Waals surface area (Å²) in [5, 5.41) is 0. The lowest BCUT2D eigenvalue weighted by molar-refractivity contribution is -0.139. The number of imide groups is 1. The summed E-state index contributed by atoms with van der Waals surface area (Å²) in [5.74, 6) is -2.77. The maximum absolute atomic E-state index is 14.1. The zero-order chi connectivity index (χ0) is 29.2. The van der Waals surface area contributed by atoms with Crippen LogP contribution in [0.1, 0.15) is 46.1 Å². The third kappa shape index (κ3) is 3.95. The third-order valence-electron chi connectivity index (χ3n) is 9.51. The van der Waals surface area contributed by atoms with Crippen molar-refractivity contribution in [2.24, 2.45) is 17.8 Å². The van der Waals surface area contributed by atoms with Gasteiger partial charge in [0.1, 0.15) is 5.75 Å². The van der Waals surface area contributed by atoms with Crippen molar-refractivity contribution in [1.29, 1.82) is 0 Å². The monoisotopic (exact) mass is 568 g/mol. The molecule has 7 nitrogen and oxygen atoms in total. The Labute approximate surface area is 248 Å². The Morgan fingerprint density at radius 2 is 1.26 bits per heavy atom. The van der Waals surface area contributed by atoms with Gasteiger partial charge >= 0.3 is 5.97 Å². The Morgan fingerprint density at radius 3 is 1.84 bits per heavy atom. The maximum atomic E-state index is 14.1. The number of esters is 1. The number of anilines is 1. The van der Waals surface area contributed by atoms with E-state index in [1.54, 1.807) is 29.2 Å². The van der Waals surface area contributed by atoms with Gasteiger partial charge in [-0.15, -0.1) is 0 Å². The van der Waals surface area contributed by atoms with Gasteiger partial charge in [0.15, 0.2) is 0 Å². The highest BCUT2D eigenvalue weighted by atomic mass is 16.5. The standard InChI is InChI=1S/C36H28N2O5/c39-29-17-22(20-37(29)19-21-9-2-1-3-10-21)36(42)43-24-12-8-11-23(18-24)38-34(40)32-30-25-13-4-5-14-26(25)31(33(32)35(38)41)28-16-7-6-15-27(28)30/h1-16,18,22,30-33H,17,19-20H2/t22-,30?,31?,32+,33+/m0/s1. The van der Waals surface area contributed by atoms with Crippen molar-refractivity contribution in [2.45, 2.75) is 24.8 Å². The predicted molar refractivity (Wildman–Crippen MR) is 158 cm³/mol. The van der Waals surface area contributed by atoms with Gasteiger partial charge in [0.25, 0.3) is 0 Å². The lowest BCUT2D eigenvalue weighted by atomic mass is 9.55. The van der Waals surface area contributed by atoms with Crippen molar-refractivity contribution in [2.75, 3.05) is 11.4 Å². The highest BCUT2D eigenvalue weighted by Gasteiger charge is 2.61. The van der Waals surface area contributed by atoms with E-state index >= 15 is 0 Å². The molecule has 2 saturated heterocycles. The minimum Gasteiger partial charge on any atom is -0.426 e. The van der Waals surface area contributed by atoms with Crippen molar-refractivity contribution < 1.29 is 23.9 Å². The second kappa shape index (κ2) is 9.76. The molecule has 2 bridgehead atoms. The first-order valence-corrected chi connectivity index (χ1v) is 14.7. The van der Waals surface area contributed by atoms with E-state index in [1.807, 2.05) is 54.6 Å². The number of rotatable bonds is 5. The van der Waals surface area contributed by atoms with E-state index in [0.717, 1.165) is 27.8 Å². The Bertz CT molecular complexity index is 1700. The first-order chi connectivity index (χ1) is 21.0. The van der Waals surface area contributed by atoms with Gasteiger partial charge in [-0.1, -0.05) is 84.9 Å². The number of carbonyl (C=O) groups is 4. The van der Waals surface area contributed by atoms with Crippen molar-refractivity contribution in [1.82, 2.24) is 4.90 Å². The van der Waals surface area contributed by atoms with Gasteiger partial charge in [-0.2, -0.15) is 0 Å². The normalized spacial score (nSPS) is 25.0. The minimum absolute atomic E-state index is 0.0850. The fraction of sp³-hybridized carbons (Fsp3) is 0.222. The molecule has 0 aromatic heterocycles. The fourth-order valence-corrected chi connectivity index (χ4v) is 7.70. The summed E-state index contributed by atoms with van der Waals surface area (Å²) >= 11 is 0. The number of hydrogen-bond donors (Lipinski definition) is 0. The molecule has 0 radical (unpaired) electrons. The lowest BCUT2D eigenvalue weighted by Crippen LogP contribution is -2.41. The Kier molecular flexibility index (Phi) is 5.83. The molecule has 0 unspecified atom stereocenters. The molecule has 4 aromatic carbocycles. The zero-order valence-electron chi connectivity index (χ0n) is 23.3. The molecule has 4 aromatic rings. The molecule has 3 aliphatic carbocycles. The van der Waals surface area contributed by atoms with E-state index in [2.05, 4.69) is 24.3 Å². The van der Waals surface area contributed by atoms with Crippen molar-refractivity contribution >= 4 is 29.4 Å². The van der Waals surface area contributed by atoms with Crippen LogP contribution >= 0.6 is 0 Å². The van der Waals surface area contributed by atoms with Crippen LogP contribution in [0.15, 0.2) is 103 Å². The lowest BCUT2D eigenvalue weighted by Gasteiger charge is -2.45. The first kappa shape index (κ1) is 25.7. The van der Waals surface area contributed by atoms with E-state index in [0.29, 0.717) is 12.2 Å². The number of ether oxygens (including phenoxy) is 1. The van der Waals surface area contributed by atoms with Crippen LogP contribution in [0.2, 0.25) is 0 Å². The molecule has 0 spiro atoms. The average Bonchev–Trinajstić information content (AvgIpc) is 3.53. The largest absolute Gasteiger partial charge is 0.426 e. The summed E-state index contributed by atoms with van der Waals surface area (Å²) in [6, 6.07) is 32.5. The Balaban J connectivity index is 1.04. The molecule has 2 aliphatic heterocycles. The second-order valence-electron chi connectivity index (χ2n) is 11.9. The highest BCUT2D eigenvalue weighted by molar-refractivity contribution is 6.23. The van der Waals surface area contributed by atoms with Crippen molar-refractivity contribution in [3.05, 3.63) is 131 Å². The van der Waals surface area contributed by atoms with E-state index in [9.17, 15) is 19.2 Å². The molecule has 7 heteroatoms. The van der Waals surface area contributed by atoms with Crippen LogP contribution in [-0.4, -0.2) is 35.1 Å². The minimum atomic E-state index is -0.592. The molecule has 0 N–H and O–H groups in total. The van der Waals surface area contributed by atoms with Crippen LogP contribution in [-0.2, 0) is 25.7 Å². The number of likely N-dealkylation sites (tertiary alicyclic amines) is 1. The van der Waals surface area contributed by atoms with Gasteiger partial charge in [-0.05, 0) is 39.9 Å². The molecule has 2 heterocycles. The van der Waals surface area contributed by atoms with Crippen LogP contribution in [0.5, 0.6) is 5.75 Å². The molecule has 3 atom stereocenters. The average molecular weight is 569 g/mol. The maximum Gasteiger partial charge on any atom is 0.316 e. The number of carbonyl (C=O) groups excluding carboxylic acids is 4. The van der Waals surface area contributed by atoms with Crippen molar-refractivity contribution in [3.8, 4) is 5.75 Å². The fourth-order valence-electron chi connectivity index (χ4n) is 7.70. The Morgan fingerprint density at radius 1 is 0.698 bits per heavy atom. The first-order valence-electron chi connectivity index (χ1n) is 14.7. The van der Waals surface area contributed by atoms with Gasteiger partial charge in [0.2, 0.25) is 17.7 Å². The molecule has 5 aliphatic rings. The quantitative estimate of drug-likeness (QED) is 0.191. The molecule has 0 saturated carbocycles. The number of benzene rings is 4. The Hall–Kier alpha value is -5.04. The van der Waals surface area contributed by atoms with Crippen LogP contribution in [0.3, 0.4) is 0 Å². The number of amides is 3. The van der Waals surface area contributed by atoms with Gasteiger partial charge in [0, 0.05) is 37.4 Å². The molecule has 3 amide bonds. The summed E-state index contributed by atoms with van der Waals surface area (Å²) in [7, 11) is 0. The van der Waals surface area contributed by atoms with Crippen LogP contribution < -0.4 is 9.64 Å². The summed E-state index contributed by atoms with van der Waals surface area (Å²) < 4.78 is 5.72. The van der Waals surface area contributed by atoms with Gasteiger partial charge in [0.05, 0.1) is 23.4 Å². The van der Waals surface area contributed by atoms with E-state index in [-0.39, 0.29) is 48.3 Å². The summed E-state index contributed by atoms with van der Waals surface area (Å²) in [6.45, 7) is 0.721. The molecule has 2 fully saturated rings. The van der Waals surface area contributed by atoms with Gasteiger partial charge in [-0.25, -0.2) is 4.90 Å². The van der Waals surface area contributed by atoms with E-state index < -0.39 is 23.7 Å². The number of hydrogen-bond acceptors (Lipinski definition) is 5. The topological polar surface area (TPSA) is 84.0 Å². The van der Waals surface area contributed by atoms with Crippen LogP contribution in [0.4, 0.5) is 5.69 Å².